The molecular weight excluding hydrogens is 214 g/mol. The van der Waals surface area contributed by atoms with E-state index in [0.29, 0.717) is 6.54 Å². The van der Waals surface area contributed by atoms with Crippen LogP contribution in [0.5, 0.6) is 0 Å². The summed E-state index contributed by atoms with van der Waals surface area (Å²) in [4.78, 5) is 2.50. The van der Waals surface area contributed by atoms with Gasteiger partial charge < -0.3 is 5.73 Å². The molecule has 0 amide bonds. The molecule has 1 nitrogen and oxygen atoms in total. The van der Waals surface area contributed by atoms with Crippen LogP contribution in [0.25, 0.3) is 0 Å². The minimum absolute atomic E-state index is 0.592. The number of hydrogen-bond acceptors (Lipinski definition) is 2. The quantitative estimate of drug-likeness (QED) is 0.870. The first kappa shape index (κ1) is 11.2. The van der Waals surface area contributed by atoms with Crippen molar-refractivity contribution < 1.29 is 0 Å². The number of aryl methyl sites for hydroxylation is 1. The molecule has 0 heterocycles. The van der Waals surface area contributed by atoms with Crippen molar-refractivity contribution in [3.8, 4) is 0 Å². The van der Waals surface area contributed by atoms with Crippen LogP contribution in [0.4, 0.5) is 0 Å². The topological polar surface area (TPSA) is 26.0 Å². The van der Waals surface area contributed by atoms with E-state index < -0.39 is 0 Å². The fraction of sp³-hybridized carbons (Fsp3) is 0.143. The van der Waals surface area contributed by atoms with Gasteiger partial charge in [-0.05, 0) is 30.7 Å². The van der Waals surface area contributed by atoms with Crippen LogP contribution in [0.15, 0.2) is 58.3 Å². The van der Waals surface area contributed by atoms with Crippen molar-refractivity contribution in [1.82, 2.24) is 0 Å². The summed E-state index contributed by atoms with van der Waals surface area (Å²) in [5, 5.41) is 0. The molecule has 0 radical (unpaired) electrons. The van der Waals surface area contributed by atoms with E-state index in [1.165, 1.54) is 20.9 Å². The monoisotopic (exact) mass is 229 g/mol. The summed E-state index contributed by atoms with van der Waals surface area (Å²) in [6.07, 6.45) is 0. The summed E-state index contributed by atoms with van der Waals surface area (Å²) in [7, 11) is 0. The maximum Gasteiger partial charge on any atom is 0.0189 e. The van der Waals surface area contributed by atoms with E-state index in [1.807, 2.05) is 6.07 Å². The average molecular weight is 229 g/mol. The van der Waals surface area contributed by atoms with Crippen LogP contribution in [0.3, 0.4) is 0 Å². The smallest absolute Gasteiger partial charge is 0.0189 e. The van der Waals surface area contributed by atoms with E-state index in [1.54, 1.807) is 11.8 Å². The highest BCUT2D eigenvalue weighted by atomic mass is 32.2. The Balaban J connectivity index is 2.23. The SMILES string of the molecule is Cc1ccc(Sc2ccccc2CN)cc1. The molecule has 2 aromatic rings. The Kier molecular flexibility index (Phi) is 3.65. The Labute approximate surface area is 101 Å². The predicted octanol–water partition coefficient (Wildman–Crippen LogP) is 3.60. The Morgan fingerprint density at radius 2 is 1.69 bits per heavy atom. The van der Waals surface area contributed by atoms with Crippen molar-refractivity contribution in [2.75, 3.05) is 0 Å². The summed E-state index contributed by atoms with van der Waals surface area (Å²) >= 11 is 1.77. The molecular formula is C14H15NS. The molecule has 0 aliphatic heterocycles. The van der Waals surface area contributed by atoms with Gasteiger partial charge in [0.1, 0.15) is 0 Å². The molecule has 0 spiro atoms. The van der Waals surface area contributed by atoms with Crippen molar-refractivity contribution >= 4 is 11.8 Å². The van der Waals surface area contributed by atoms with Crippen LogP contribution in [0.2, 0.25) is 0 Å². The number of benzene rings is 2. The van der Waals surface area contributed by atoms with Gasteiger partial charge in [0.2, 0.25) is 0 Å². The molecule has 2 rings (SSSR count). The van der Waals surface area contributed by atoms with Crippen molar-refractivity contribution in [3.05, 3.63) is 59.7 Å². The molecule has 0 aliphatic carbocycles. The average Bonchev–Trinajstić information content (AvgIpc) is 2.33. The summed E-state index contributed by atoms with van der Waals surface area (Å²) in [6.45, 7) is 2.69. The van der Waals surface area contributed by atoms with Gasteiger partial charge in [0.05, 0.1) is 0 Å². The van der Waals surface area contributed by atoms with Gasteiger partial charge in [0, 0.05) is 16.3 Å². The summed E-state index contributed by atoms with van der Waals surface area (Å²) in [6, 6.07) is 16.8. The fourth-order valence-corrected chi connectivity index (χ4v) is 2.46. The van der Waals surface area contributed by atoms with Gasteiger partial charge in [-0.3, -0.25) is 0 Å². The van der Waals surface area contributed by atoms with Gasteiger partial charge in [-0.15, -0.1) is 0 Å². The first-order valence-electron chi connectivity index (χ1n) is 5.32. The van der Waals surface area contributed by atoms with Crippen LogP contribution in [0, 0.1) is 6.92 Å². The fourth-order valence-electron chi connectivity index (χ4n) is 1.51. The summed E-state index contributed by atoms with van der Waals surface area (Å²) in [5.41, 5.74) is 8.21. The molecule has 0 unspecified atom stereocenters. The highest BCUT2D eigenvalue weighted by molar-refractivity contribution is 7.99. The minimum atomic E-state index is 0.592. The first-order chi connectivity index (χ1) is 7.79. The van der Waals surface area contributed by atoms with E-state index in [0.717, 1.165) is 0 Å². The molecule has 0 bridgehead atoms. The Morgan fingerprint density at radius 1 is 1.00 bits per heavy atom. The molecule has 0 fully saturated rings. The summed E-state index contributed by atoms with van der Waals surface area (Å²) in [5.74, 6) is 0. The molecule has 0 aromatic heterocycles. The first-order valence-corrected chi connectivity index (χ1v) is 6.14. The van der Waals surface area contributed by atoms with Gasteiger partial charge in [-0.25, -0.2) is 0 Å². The molecule has 0 saturated carbocycles. The van der Waals surface area contributed by atoms with Gasteiger partial charge >= 0.3 is 0 Å². The second kappa shape index (κ2) is 5.19. The zero-order chi connectivity index (χ0) is 11.4. The molecule has 2 aromatic carbocycles. The lowest BCUT2D eigenvalue weighted by Crippen LogP contribution is -1.97. The Bertz CT molecular complexity index is 462. The third-order valence-electron chi connectivity index (χ3n) is 2.44. The van der Waals surface area contributed by atoms with Gasteiger partial charge in [0.25, 0.3) is 0 Å². The van der Waals surface area contributed by atoms with E-state index in [9.17, 15) is 0 Å². The lowest BCUT2D eigenvalue weighted by molar-refractivity contribution is 1.03. The van der Waals surface area contributed by atoms with Crippen LogP contribution in [-0.2, 0) is 6.54 Å². The normalized spacial score (nSPS) is 10.4. The Hall–Kier alpha value is -1.25. The molecule has 16 heavy (non-hydrogen) atoms. The second-order valence-electron chi connectivity index (χ2n) is 3.73. The van der Waals surface area contributed by atoms with Crippen molar-refractivity contribution in [1.29, 1.82) is 0 Å². The second-order valence-corrected chi connectivity index (χ2v) is 4.84. The third kappa shape index (κ3) is 2.65. The molecule has 2 N–H and O–H groups in total. The van der Waals surface area contributed by atoms with Gasteiger partial charge in [-0.2, -0.15) is 0 Å². The summed E-state index contributed by atoms with van der Waals surface area (Å²) < 4.78 is 0. The van der Waals surface area contributed by atoms with E-state index in [-0.39, 0.29) is 0 Å². The predicted molar refractivity (Wildman–Crippen MR) is 69.6 cm³/mol. The molecule has 2 heteroatoms. The largest absolute Gasteiger partial charge is 0.326 e. The van der Waals surface area contributed by atoms with Crippen molar-refractivity contribution in [2.45, 2.75) is 23.3 Å². The minimum Gasteiger partial charge on any atom is -0.326 e. The zero-order valence-corrected chi connectivity index (χ0v) is 10.1. The van der Waals surface area contributed by atoms with Crippen LogP contribution >= 0.6 is 11.8 Å². The molecule has 0 atom stereocenters. The van der Waals surface area contributed by atoms with E-state index >= 15 is 0 Å². The maximum atomic E-state index is 5.72. The standard InChI is InChI=1S/C14H15NS/c1-11-6-8-13(9-7-11)16-14-5-3-2-4-12(14)10-15/h2-9H,10,15H2,1H3. The number of rotatable bonds is 3. The van der Waals surface area contributed by atoms with Crippen LogP contribution in [-0.4, -0.2) is 0 Å². The van der Waals surface area contributed by atoms with E-state index in [2.05, 4.69) is 49.4 Å². The number of hydrogen-bond donors (Lipinski definition) is 1. The van der Waals surface area contributed by atoms with E-state index in [4.69, 9.17) is 5.73 Å². The van der Waals surface area contributed by atoms with Crippen LogP contribution in [0.1, 0.15) is 11.1 Å². The zero-order valence-electron chi connectivity index (χ0n) is 9.31. The molecule has 0 aliphatic rings. The lowest BCUT2D eigenvalue weighted by atomic mass is 10.2. The lowest BCUT2D eigenvalue weighted by Gasteiger charge is -2.07. The highest BCUT2D eigenvalue weighted by Gasteiger charge is 2.01. The van der Waals surface area contributed by atoms with Crippen molar-refractivity contribution in [3.63, 3.8) is 0 Å². The van der Waals surface area contributed by atoms with Crippen molar-refractivity contribution in [2.24, 2.45) is 5.73 Å². The van der Waals surface area contributed by atoms with Crippen LogP contribution < -0.4 is 5.73 Å². The highest BCUT2D eigenvalue weighted by Crippen LogP contribution is 2.30. The number of nitrogens with two attached hydrogens (primary N) is 1. The van der Waals surface area contributed by atoms with Gasteiger partial charge in [0.15, 0.2) is 0 Å². The third-order valence-corrected chi connectivity index (χ3v) is 3.57. The Morgan fingerprint density at radius 3 is 2.38 bits per heavy atom. The van der Waals surface area contributed by atoms with Gasteiger partial charge in [-0.1, -0.05) is 47.7 Å². The molecule has 82 valence electrons. The maximum absolute atomic E-state index is 5.72. The molecule has 0 saturated heterocycles.